The van der Waals surface area contributed by atoms with E-state index in [1.54, 1.807) is 37.6 Å². The van der Waals surface area contributed by atoms with Gasteiger partial charge >= 0.3 is 0 Å². The first kappa shape index (κ1) is 18.7. The molecule has 1 aromatic heterocycles. The van der Waals surface area contributed by atoms with Crippen LogP contribution in [0.15, 0.2) is 66.9 Å². The van der Waals surface area contributed by atoms with Crippen molar-refractivity contribution in [2.45, 2.75) is 6.42 Å². The second-order valence-electron chi connectivity index (χ2n) is 5.89. The Morgan fingerprint density at radius 1 is 1.11 bits per heavy atom. The number of carbonyl (C=O) groups excluding carboxylic acids is 1. The highest BCUT2D eigenvalue weighted by atomic mass is 35.5. The number of rotatable bonds is 7. The Morgan fingerprint density at radius 2 is 1.89 bits per heavy atom. The molecule has 2 N–H and O–H groups in total. The lowest BCUT2D eigenvalue weighted by Crippen LogP contribution is -2.14. The van der Waals surface area contributed by atoms with Crippen LogP contribution >= 0.6 is 11.6 Å². The SMILES string of the molecule is COc1ccccc1NC(=O)c1ccnc(NCCc2ccc(Cl)cc2)c1. The minimum absolute atomic E-state index is 0.220. The van der Waals surface area contributed by atoms with Crippen molar-refractivity contribution in [2.24, 2.45) is 0 Å². The second-order valence-corrected chi connectivity index (χ2v) is 6.32. The fourth-order valence-corrected chi connectivity index (χ4v) is 2.72. The molecule has 0 unspecified atom stereocenters. The molecule has 0 saturated carbocycles. The molecule has 138 valence electrons. The highest BCUT2D eigenvalue weighted by Crippen LogP contribution is 2.23. The van der Waals surface area contributed by atoms with Gasteiger partial charge in [-0.2, -0.15) is 0 Å². The zero-order valence-corrected chi connectivity index (χ0v) is 15.7. The number of carbonyl (C=O) groups is 1. The van der Waals surface area contributed by atoms with E-state index < -0.39 is 0 Å². The van der Waals surface area contributed by atoms with Gasteiger partial charge in [-0.25, -0.2) is 4.98 Å². The summed E-state index contributed by atoms with van der Waals surface area (Å²) in [6.45, 7) is 0.701. The first-order valence-corrected chi connectivity index (χ1v) is 8.92. The monoisotopic (exact) mass is 381 g/mol. The number of halogens is 1. The number of benzene rings is 2. The van der Waals surface area contributed by atoms with Gasteiger partial charge in [-0.3, -0.25) is 4.79 Å². The molecule has 5 nitrogen and oxygen atoms in total. The number of amides is 1. The van der Waals surface area contributed by atoms with Crippen molar-refractivity contribution < 1.29 is 9.53 Å². The van der Waals surface area contributed by atoms with E-state index in [9.17, 15) is 4.79 Å². The third-order valence-electron chi connectivity index (χ3n) is 4.01. The van der Waals surface area contributed by atoms with Crippen molar-refractivity contribution >= 4 is 29.0 Å². The third-order valence-corrected chi connectivity index (χ3v) is 4.26. The molecule has 1 amide bonds. The van der Waals surface area contributed by atoms with Crippen molar-refractivity contribution in [3.63, 3.8) is 0 Å². The quantitative estimate of drug-likeness (QED) is 0.625. The van der Waals surface area contributed by atoms with Gasteiger partial charge < -0.3 is 15.4 Å². The van der Waals surface area contributed by atoms with Gasteiger partial charge in [-0.05, 0) is 48.4 Å². The molecule has 0 saturated heterocycles. The number of methoxy groups -OCH3 is 1. The molecule has 1 heterocycles. The van der Waals surface area contributed by atoms with Crippen LogP contribution in [0.25, 0.3) is 0 Å². The Balaban J connectivity index is 1.60. The summed E-state index contributed by atoms with van der Waals surface area (Å²) in [6.07, 6.45) is 2.44. The Morgan fingerprint density at radius 3 is 2.67 bits per heavy atom. The van der Waals surface area contributed by atoms with E-state index in [2.05, 4.69) is 15.6 Å². The highest BCUT2D eigenvalue weighted by molar-refractivity contribution is 6.30. The van der Waals surface area contributed by atoms with Gasteiger partial charge in [-0.1, -0.05) is 35.9 Å². The van der Waals surface area contributed by atoms with Crippen molar-refractivity contribution in [2.75, 3.05) is 24.3 Å². The summed E-state index contributed by atoms with van der Waals surface area (Å²) < 4.78 is 5.26. The molecular formula is C21H20ClN3O2. The molecule has 0 atom stereocenters. The molecule has 0 bridgehead atoms. The number of nitrogens with zero attached hydrogens (tertiary/aromatic N) is 1. The van der Waals surface area contributed by atoms with E-state index in [0.29, 0.717) is 29.4 Å². The normalized spacial score (nSPS) is 10.3. The van der Waals surface area contributed by atoms with Gasteiger partial charge in [0, 0.05) is 23.3 Å². The smallest absolute Gasteiger partial charge is 0.255 e. The minimum atomic E-state index is -0.220. The lowest BCUT2D eigenvalue weighted by molar-refractivity contribution is 0.102. The van der Waals surface area contributed by atoms with Crippen LogP contribution in [-0.4, -0.2) is 24.5 Å². The van der Waals surface area contributed by atoms with E-state index in [-0.39, 0.29) is 5.91 Å². The van der Waals surface area contributed by atoms with Crippen molar-refractivity contribution in [1.82, 2.24) is 4.98 Å². The van der Waals surface area contributed by atoms with Crippen LogP contribution in [0, 0.1) is 0 Å². The summed E-state index contributed by atoms with van der Waals surface area (Å²) in [5.41, 5.74) is 2.32. The molecule has 0 spiro atoms. The fourth-order valence-electron chi connectivity index (χ4n) is 2.60. The summed E-state index contributed by atoms with van der Waals surface area (Å²) in [4.78, 5) is 16.8. The summed E-state index contributed by atoms with van der Waals surface area (Å²) in [5.74, 6) is 1.04. The highest BCUT2D eigenvalue weighted by Gasteiger charge is 2.10. The van der Waals surface area contributed by atoms with Crippen LogP contribution in [0.1, 0.15) is 15.9 Å². The Hall–Kier alpha value is -3.05. The fraction of sp³-hybridized carbons (Fsp3) is 0.143. The molecule has 0 aliphatic heterocycles. The van der Waals surface area contributed by atoms with Crippen molar-refractivity contribution in [1.29, 1.82) is 0 Å². The average Bonchev–Trinajstić information content (AvgIpc) is 2.70. The topological polar surface area (TPSA) is 63.2 Å². The van der Waals surface area contributed by atoms with Crippen LogP contribution in [-0.2, 0) is 6.42 Å². The van der Waals surface area contributed by atoms with Gasteiger partial charge in [0.25, 0.3) is 5.91 Å². The lowest BCUT2D eigenvalue weighted by atomic mass is 10.1. The molecule has 6 heteroatoms. The molecule has 3 rings (SSSR count). The number of para-hydroxylation sites is 2. The van der Waals surface area contributed by atoms with E-state index >= 15 is 0 Å². The second kappa shape index (κ2) is 9.05. The number of aromatic nitrogens is 1. The van der Waals surface area contributed by atoms with E-state index in [1.165, 1.54) is 5.56 Å². The van der Waals surface area contributed by atoms with E-state index in [1.807, 2.05) is 36.4 Å². The van der Waals surface area contributed by atoms with E-state index in [4.69, 9.17) is 16.3 Å². The minimum Gasteiger partial charge on any atom is -0.495 e. The maximum atomic E-state index is 12.5. The predicted molar refractivity (Wildman–Crippen MR) is 109 cm³/mol. The maximum absolute atomic E-state index is 12.5. The number of pyridine rings is 1. The average molecular weight is 382 g/mol. The Kier molecular flexibility index (Phi) is 6.28. The summed E-state index contributed by atoms with van der Waals surface area (Å²) in [6, 6.07) is 18.4. The van der Waals surface area contributed by atoms with Gasteiger partial charge in [0.15, 0.2) is 0 Å². The Labute approximate surface area is 163 Å². The molecule has 0 radical (unpaired) electrons. The standard InChI is InChI=1S/C21H20ClN3O2/c1-27-19-5-3-2-4-18(19)25-21(26)16-11-13-24-20(14-16)23-12-10-15-6-8-17(22)9-7-15/h2-9,11,13-14H,10,12H2,1H3,(H,23,24)(H,25,26). The van der Waals surface area contributed by atoms with Gasteiger partial charge in [0.05, 0.1) is 12.8 Å². The van der Waals surface area contributed by atoms with Crippen molar-refractivity contribution in [3.8, 4) is 5.75 Å². The first-order chi connectivity index (χ1) is 13.2. The molecular weight excluding hydrogens is 362 g/mol. The van der Waals surface area contributed by atoms with E-state index in [0.717, 1.165) is 11.4 Å². The van der Waals surface area contributed by atoms with Crippen LogP contribution in [0.4, 0.5) is 11.5 Å². The number of nitrogens with one attached hydrogen (secondary N) is 2. The summed E-state index contributed by atoms with van der Waals surface area (Å²) in [5, 5.41) is 6.83. The number of hydrogen-bond acceptors (Lipinski definition) is 4. The van der Waals surface area contributed by atoms with Crippen LogP contribution < -0.4 is 15.4 Å². The Bertz CT molecular complexity index is 913. The molecule has 27 heavy (non-hydrogen) atoms. The first-order valence-electron chi connectivity index (χ1n) is 8.54. The van der Waals surface area contributed by atoms with Gasteiger partial charge in [0.2, 0.25) is 0 Å². The predicted octanol–water partition coefficient (Wildman–Crippen LogP) is 4.65. The zero-order chi connectivity index (χ0) is 19.1. The van der Waals surface area contributed by atoms with Gasteiger partial charge in [0.1, 0.15) is 11.6 Å². The number of ether oxygens (including phenoxy) is 1. The zero-order valence-electron chi connectivity index (χ0n) is 14.9. The van der Waals surface area contributed by atoms with Crippen LogP contribution in [0.3, 0.4) is 0 Å². The van der Waals surface area contributed by atoms with Crippen molar-refractivity contribution in [3.05, 3.63) is 83.0 Å². The lowest BCUT2D eigenvalue weighted by Gasteiger charge is -2.11. The molecule has 0 aliphatic carbocycles. The number of anilines is 2. The summed E-state index contributed by atoms with van der Waals surface area (Å²) >= 11 is 5.89. The van der Waals surface area contributed by atoms with Gasteiger partial charge in [-0.15, -0.1) is 0 Å². The summed E-state index contributed by atoms with van der Waals surface area (Å²) in [7, 11) is 1.57. The van der Waals surface area contributed by atoms with Crippen LogP contribution in [0.2, 0.25) is 5.02 Å². The largest absolute Gasteiger partial charge is 0.495 e. The molecule has 0 fully saturated rings. The maximum Gasteiger partial charge on any atom is 0.255 e. The third kappa shape index (κ3) is 5.21. The number of hydrogen-bond donors (Lipinski definition) is 2. The molecule has 0 aliphatic rings. The molecule has 3 aromatic rings. The van der Waals surface area contributed by atoms with Crippen LogP contribution in [0.5, 0.6) is 5.75 Å². The molecule has 2 aromatic carbocycles.